The minimum Gasteiger partial charge on any atom is -0.447 e. The molecule has 3 heterocycles. The first kappa shape index (κ1) is 26.3. The maximum absolute atomic E-state index is 14.1. The number of fused-ring (bicyclic) bond motifs is 3. The number of amides is 2. The number of pyridine rings is 1. The fourth-order valence-corrected chi connectivity index (χ4v) is 7.66. The quantitative estimate of drug-likeness (QED) is 0.266. The summed E-state index contributed by atoms with van der Waals surface area (Å²) in [4.78, 5) is 35.5. The van der Waals surface area contributed by atoms with Crippen molar-refractivity contribution < 1.29 is 19.1 Å². The largest absolute Gasteiger partial charge is 0.447 e. The first-order valence-corrected chi connectivity index (χ1v) is 14.0. The smallest absolute Gasteiger partial charge is 0.417 e. The highest BCUT2D eigenvalue weighted by Gasteiger charge is 2.44. The lowest BCUT2D eigenvalue weighted by atomic mass is 9.95. The van der Waals surface area contributed by atoms with Crippen molar-refractivity contribution in [3.8, 4) is 0 Å². The number of hydrogen-bond acceptors (Lipinski definition) is 6. The third kappa shape index (κ3) is 5.34. The van der Waals surface area contributed by atoms with Gasteiger partial charge in [0, 0.05) is 25.1 Å². The van der Waals surface area contributed by atoms with Gasteiger partial charge in [-0.05, 0) is 94.9 Å². The van der Waals surface area contributed by atoms with E-state index in [1.165, 1.54) is 21.8 Å². The van der Waals surface area contributed by atoms with E-state index in [9.17, 15) is 9.59 Å². The first-order valence-electron chi connectivity index (χ1n) is 12.1. The van der Waals surface area contributed by atoms with Gasteiger partial charge in [0.25, 0.3) is 5.91 Å². The fraction of sp³-hybridized carbons (Fsp3) is 0.519. The van der Waals surface area contributed by atoms with Crippen molar-refractivity contribution in [1.82, 2.24) is 9.88 Å². The normalized spacial score (nSPS) is 19.6. The predicted octanol–water partition coefficient (Wildman–Crippen LogP) is 6.81. The predicted molar refractivity (Wildman–Crippen MR) is 148 cm³/mol. The van der Waals surface area contributed by atoms with Gasteiger partial charge in [0.2, 0.25) is 0 Å². The van der Waals surface area contributed by atoms with E-state index in [1.54, 1.807) is 17.4 Å². The number of cyclic esters (lactones) is 1. The zero-order valence-electron chi connectivity index (χ0n) is 21.1. The van der Waals surface area contributed by atoms with Crippen molar-refractivity contribution in [3.63, 3.8) is 0 Å². The van der Waals surface area contributed by atoms with E-state index in [4.69, 9.17) is 14.5 Å². The standard InChI is InChI=1S/C27H33IN2O4S/c1-7-10-15(2)13-17-14-33-26(32)30(17)25(31)23(34-27(4,5)6)20-16(3)29-24-21(22(20)28)18-11-8-9-12-19(18)35-24/h7,10,17,23H,1,8-9,11-14H2,2-6H3/b15-10+/t17-,23-/m1/s1. The van der Waals surface area contributed by atoms with Crippen LogP contribution in [0.3, 0.4) is 0 Å². The van der Waals surface area contributed by atoms with Crippen LogP contribution in [-0.4, -0.2) is 40.1 Å². The molecule has 0 spiro atoms. The molecule has 0 unspecified atom stereocenters. The van der Waals surface area contributed by atoms with Gasteiger partial charge in [-0.2, -0.15) is 0 Å². The summed E-state index contributed by atoms with van der Waals surface area (Å²) in [6.45, 7) is 13.6. The second-order valence-electron chi connectivity index (χ2n) is 10.3. The van der Waals surface area contributed by atoms with E-state index >= 15 is 0 Å². The van der Waals surface area contributed by atoms with Crippen molar-refractivity contribution in [1.29, 1.82) is 0 Å². The van der Waals surface area contributed by atoms with Gasteiger partial charge in [-0.25, -0.2) is 14.7 Å². The molecule has 6 nitrogen and oxygen atoms in total. The monoisotopic (exact) mass is 608 g/mol. The van der Waals surface area contributed by atoms with Crippen LogP contribution in [0.25, 0.3) is 10.2 Å². The van der Waals surface area contributed by atoms with Crippen LogP contribution >= 0.6 is 33.9 Å². The average molecular weight is 609 g/mol. The molecule has 4 rings (SSSR count). The third-order valence-electron chi connectivity index (χ3n) is 6.38. The second-order valence-corrected chi connectivity index (χ2v) is 12.5. The number of imide groups is 1. The van der Waals surface area contributed by atoms with Crippen molar-refractivity contribution in [2.45, 2.75) is 84.5 Å². The Kier molecular flexibility index (Phi) is 7.74. The van der Waals surface area contributed by atoms with Gasteiger partial charge >= 0.3 is 6.09 Å². The highest BCUT2D eigenvalue weighted by atomic mass is 127. The van der Waals surface area contributed by atoms with Crippen molar-refractivity contribution >= 4 is 56.1 Å². The van der Waals surface area contributed by atoms with Crippen LogP contribution in [0.2, 0.25) is 0 Å². The number of thiophene rings is 1. The van der Waals surface area contributed by atoms with Crippen molar-refractivity contribution in [3.05, 3.63) is 49.6 Å². The van der Waals surface area contributed by atoms with E-state index in [0.29, 0.717) is 6.42 Å². The van der Waals surface area contributed by atoms with Gasteiger partial charge in [0.1, 0.15) is 11.4 Å². The Bertz CT molecular complexity index is 1210. The Morgan fingerprint density at radius 2 is 2.09 bits per heavy atom. The molecule has 2 aromatic rings. The maximum Gasteiger partial charge on any atom is 0.417 e. The second kappa shape index (κ2) is 10.3. The van der Waals surface area contributed by atoms with Crippen LogP contribution in [0.15, 0.2) is 24.3 Å². The molecule has 0 aromatic carbocycles. The summed E-state index contributed by atoms with van der Waals surface area (Å²) in [5, 5.41) is 1.14. The number of halogens is 1. The SMILES string of the molecule is C=C/C=C(\C)C[C@@H]1COC(=O)N1C(=O)[C@H](OC(C)(C)C)c1c(C)nc2sc3c(c2c1I)CCCC3. The zero-order valence-corrected chi connectivity index (χ0v) is 24.0. The molecule has 1 fully saturated rings. The molecule has 35 heavy (non-hydrogen) atoms. The van der Waals surface area contributed by atoms with E-state index in [0.717, 1.165) is 49.9 Å². The summed E-state index contributed by atoms with van der Waals surface area (Å²) in [6, 6.07) is -0.388. The topological polar surface area (TPSA) is 68.7 Å². The Balaban J connectivity index is 1.81. The highest BCUT2D eigenvalue weighted by molar-refractivity contribution is 14.1. The van der Waals surface area contributed by atoms with Gasteiger partial charge in [-0.15, -0.1) is 11.3 Å². The van der Waals surface area contributed by atoms with Crippen LogP contribution in [0.1, 0.15) is 74.8 Å². The lowest BCUT2D eigenvalue weighted by molar-refractivity contribution is -0.152. The number of rotatable bonds is 6. The van der Waals surface area contributed by atoms with Gasteiger partial charge in [0.15, 0.2) is 6.10 Å². The molecule has 8 heteroatoms. The highest BCUT2D eigenvalue weighted by Crippen LogP contribution is 2.42. The number of aromatic nitrogens is 1. The summed E-state index contributed by atoms with van der Waals surface area (Å²) in [5.41, 5.74) is 3.28. The van der Waals surface area contributed by atoms with Crippen LogP contribution in [-0.2, 0) is 27.1 Å². The molecular formula is C27H33IN2O4S. The van der Waals surface area contributed by atoms with Crippen molar-refractivity contribution in [2.24, 2.45) is 0 Å². The number of hydrogen-bond donors (Lipinski definition) is 0. The number of allylic oxidation sites excluding steroid dienone is 2. The average Bonchev–Trinajstić information content (AvgIpc) is 3.31. The minimum absolute atomic E-state index is 0.167. The first-order chi connectivity index (χ1) is 16.5. The molecule has 0 bridgehead atoms. The Hall–Kier alpha value is -1.78. The van der Waals surface area contributed by atoms with Crippen molar-refractivity contribution in [2.75, 3.05) is 6.61 Å². The van der Waals surface area contributed by atoms with Gasteiger partial charge in [0.05, 0.1) is 11.6 Å². The molecular weight excluding hydrogens is 575 g/mol. The third-order valence-corrected chi connectivity index (χ3v) is 8.69. The van der Waals surface area contributed by atoms with Crippen LogP contribution in [0.5, 0.6) is 0 Å². The Morgan fingerprint density at radius 1 is 1.37 bits per heavy atom. The van der Waals surface area contributed by atoms with E-state index in [-0.39, 0.29) is 12.6 Å². The molecule has 1 aliphatic heterocycles. The summed E-state index contributed by atoms with van der Waals surface area (Å²) in [7, 11) is 0. The molecule has 2 amide bonds. The van der Waals surface area contributed by atoms with E-state index in [1.807, 2.05) is 40.7 Å². The van der Waals surface area contributed by atoms with Gasteiger partial charge in [-0.1, -0.05) is 24.3 Å². The lowest BCUT2D eigenvalue weighted by Gasteiger charge is -2.31. The van der Waals surface area contributed by atoms with Gasteiger partial charge < -0.3 is 9.47 Å². The van der Waals surface area contributed by atoms with Gasteiger partial charge in [-0.3, -0.25) is 4.79 Å². The number of aryl methyl sites for hydroxylation is 3. The van der Waals surface area contributed by atoms with Crippen LogP contribution in [0.4, 0.5) is 4.79 Å². The van der Waals surface area contributed by atoms with Crippen LogP contribution in [0, 0.1) is 10.5 Å². The number of ether oxygens (including phenoxy) is 2. The summed E-state index contributed by atoms with van der Waals surface area (Å²) in [6.07, 6.45) is 7.02. The van der Waals surface area contributed by atoms with Crippen LogP contribution < -0.4 is 0 Å². The Labute approximate surface area is 224 Å². The molecule has 0 N–H and O–H groups in total. The molecule has 2 aliphatic rings. The summed E-state index contributed by atoms with van der Waals surface area (Å²) >= 11 is 4.12. The number of nitrogens with zero attached hydrogens (tertiary/aromatic N) is 2. The Morgan fingerprint density at radius 3 is 2.77 bits per heavy atom. The fourth-order valence-electron chi connectivity index (χ4n) is 4.90. The summed E-state index contributed by atoms with van der Waals surface area (Å²) < 4.78 is 12.7. The zero-order chi connectivity index (χ0) is 25.5. The molecule has 1 saturated heterocycles. The minimum atomic E-state index is -0.963. The molecule has 188 valence electrons. The molecule has 0 saturated carbocycles. The molecule has 2 atom stereocenters. The van der Waals surface area contributed by atoms with E-state index < -0.39 is 23.7 Å². The maximum atomic E-state index is 14.1. The number of carbonyl (C=O) groups is 2. The summed E-state index contributed by atoms with van der Waals surface area (Å²) in [5.74, 6) is -0.398. The molecule has 2 aromatic heterocycles. The number of carbonyl (C=O) groups excluding carboxylic acids is 2. The van der Waals surface area contributed by atoms with E-state index in [2.05, 4.69) is 29.2 Å². The molecule has 0 radical (unpaired) electrons. The lowest BCUT2D eigenvalue weighted by Crippen LogP contribution is -2.44. The molecule has 1 aliphatic carbocycles.